The molecule has 2 aliphatic heterocycles. The van der Waals surface area contributed by atoms with Gasteiger partial charge in [-0.3, -0.25) is 9.69 Å². The highest BCUT2D eigenvalue weighted by Crippen LogP contribution is 2.30. The zero-order chi connectivity index (χ0) is 15.0. The van der Waals surface area contributed by atoms with Gasteiger partial charge in [-0.1, -0.05) is 12.1 Å². The van der Waals surface area contributed by atoms with Gasteiger partial charge in [-0.2, -0.15) is 4.31 Å². The van der Waals surface area contributed by atoms with Crippen LogP contribution >= 0.6 is 0 Å². The number of nitrogens with zero attached hydrogens (tertiary/aromatic N) is 2. The normalized spacial score (nSPS) is 20.3. The van der Waals surface area contributed by atoms with Gasteiger partial charge in [0.05, 0.1) is 11.8 Å². The first-order valence-corrected chi connectivity index (χ1v) is 8.75. The molecule has 1 aromatic carbocycles. The summed E-state index contributed by atoms with van der Waals surface area (Å²) in [5.41, 5.74) is 1.65. The topological polar surface area (TPSA) is 66.9 Å². The van der Waals surface area contributed by atoms with Crippen LogP contribution in [0.1, 0.15) is 15.9 Å². The second kappa shape index (κ2) is 5.40. The summed E-state index contributed by atoms with van der Waals surface area (Å²) in [7, 11) is -3.10. The van der Waals surface area contributed by atoms with Gasteiger partial charge < -0.3 is 4.74 Å². The molecule has 2 heterocycles. The maximum absolute atomic E-state index is 11.7. The predicted molar refractivity (Wildman–Crippen MR) is 78.0 cm³/mol. The maximum atomic E-state index is 11.7. The predicted octanol–water partition coefficient (Wildman–Crippen LogP) is 0.339. The molecule has 0 amide bonds. The van der Waals surface area contributed by atoms with E-state index in [4.69, 9.17) is 4.74 Å². The fraction of sp³-hybridized carbons (Fsp3) is 0.500. The van der Waals surface area contributed by atoms with E-state index in [-0.39, 0.29) is 12.4 Å². The third-order valence-electron chi connectivity index (χ3n) is 3.94. The van der Waals surface area contributed by atoms with Crippen LogP contribution in [-0.2, 0) is 16.6 Å². The lowest BCUT2D eigenvalue weighted by molar-refractivity contribution is 0.0960. The molecule has 3 rings (SSSR count). The summed E-state index contributed by atoms with van der Waals surface area (Å²) in [5, 5.41) is 0. The van der Waals surface area contributed by atoms with E-state index in [0.717, 1.165) is 5.56 Å². The second-order valence-corrected chi connectivity index (χ2v) is 7.43. The first kappa shape index (κ1) is 14.5. The number of rotatable bonds is 3. The summed E-state index contributed by atoms with van der Waals surface area (Å²) < 4.78 is 30.0. The number of piperazine rings is 1. The molecule has 0 spiro atoms. The quantitative estimate of drug-likeness (QED) is 0.805. The molecule has 1 fully saturated rings. The van der Waals surface area contributed by atoms with E-state index in [0.29, 0.717) is 44.0 Å². The van der Waals surface area contributed by atoms with Crippen molar-refractivity contribution >= 4 is 15.8 Å². The molecule has 0 atom stereocenters. The molecule has 1 aromatic rings. The fourth-order valence-electron chi connectivity index (χ4n) is 2.78. The number of Topliss-reactive ketones (excluding diaryl/α,β-unsaturated/α-hetero) is 1. The van der Waals surface area contributed by atoms with Crippen LogP contribution in [0.3, 0.4) is 0 Å². The molecule has 0 N–H and O–H groups in total. The van der Waals surface area contributed by atoms with Crippen LogP contribution in [0, 0.1) is 0 Å². The standard InChI is InChI=1S/C14H18N2O4S/c1-21(18,19)16-7-5-15(6-8-16)9-11-3-2-4-12-13(17)10-20-14(11)12/h2-4H,5-10H2,1H3. The minimum atomic E-state index is -3.10. The Hall–Kier alpha value is -1.44. The molecule has 2 aliphatic rings. The lowest BCUT2D eigenvalue weighted by atomic mass is 10.1. The summed E-state index contributed by atoms with van der Waals surface area (Å²) in [5.74, 6) is 0.710. The molecule has 0 unspecified atom stereocenters. The summed E-state index contributed by atoms with van der Waals surface area (Å²) in [6, 6.07) is 5.61. The smallest absolute Gasteiger partial charge is 0.211 e. The van der Waals surface area contributed by atoms with Crippen LogP contribution in [0.15, 0.2) is 18.2 Å². The average Bonchev–Trinajstić information content (AvgIpc) is 2.82. The summed E-state index contributed by atoms with van der Waals surface area (Å²) >= 11 is 0. The van der Waals surface area contributed by atoms with Gasteiger partial charge in [0, 0.05) is 38.3 Å². The number of carbonyl (C=O) groups excluding carboxylic acids is 1. The van der Waals surface area contributed by atoms with Crippen LogP contribution in [0.4, 0.5) is 0 Å². The second-order valence-electron chi connectivity index (χ2n) is 5.44. The Labute approximate surface area is 124 Å². The minimum absolute atomic E-state index is 0.0220. The highest BCUT2D eigenvalue weighted by atomic mass is 32.2. The number of fused-ring (bicyclic) bond motifs is 1. The van der Waals surface area contributed by atoms with Crippen LogP contribution in [0.2, 0.25) is 0 Å². The molecule has 114 valence electrons. The van der Waals surface area contributed by atoms with E-state index in [1.54, 1.807) is 6.07 Å². The van der Waals surface area contributed by atoms with Gasteiger partial charge in [-0.25, -0.2) is 8.42 Å². The largest absolute Gasteiger partial charge is 0.484 e. The zero-order valence-electron chi connectivity index (χ0n) is 11.9. The van der Waals surface area contributed by atoms with E-state index in [1.165, 1.54) is 10.6 Å². The van der Waals surface area contributed by atoms with Crippen molar-refractivity contribution in [2.24, 2.45) is 0 Å². The minimum Gasteiger partial charge on any atom is -0.484 e. The van der Waals surface area contributed by atoms with Gasteiger partial charge in [0.25, 0.3) is 0 Å². The van der Waals surface area contributed by atoms with Crippen LogP contribution < -0.4 is 4.74 Å². The molecule has 6 nitrogen and oxygen atoms in total. The summed E-state index contributed by atoms with van der Waals surface area (Å²) in [6.07, 6.45) is 1.24. The van der Waals surface area contributed by atoms with Gasteiger partial charge in [-0.15, -0.1) is 0 Å². The number of ether oxygens (including phenoxy) is 1. The Bertz CT molecular complexity index is 664. The molecule has 1 saturated heterocycles. The fourth-order valence-corrected chi connectivity index (χ4v) is 3.60. The molecule has 0 radical (unpaired) electrons. The molecule has 0 aromatic heterocycles. The first-order valence-electron chi connectivity index (χ1n) is 6.90. The third-order valence-corrected chi connectivity index (χ3v) is 5.24. The number of carbonyl (C=O) groups is 1. The van der Waals surface area contributed by atoms with E-state index in [2.05, 4.69) is 4.90 Å². The Morgan fingerprint density at radius 1 is 1.19 bits per heavy atom. The number of benzene rings is 1. The molecular formula is C14H18N2O4S. The van der Waals surface area contributed by atoms with Crippen molar-refractivity contribution in [3.05, 3.63) is 29.3 Å². The molecule has 7 heteroatoms. The Balaban J connectivity index is 1.68. The monoisotopic (exact) mass is 310 g/mol. The van der Waals surface area contributed by atoms with Gasteiger partial charge in [0.2, 0.25) is 15.8 Å². The van der Waals surface area contributed by atoms with E-state index in [1.807, 2.05) is 12.1 Å². The Morgan fingerprint density at radius 2 is 1.90 bits per heavy atom. The number of para-hydroxylation sites is 1. The zero-order valence-corrected chi connectivity index (χ0v) is 12.7. The highest BCUT2D eigenvalue weighted by Gasteiger charge is 2.27. The van der Waals surface area contributed by atoms with Gasteiger partial charge in [0.15, 0.2) is 6.61 Å². The third kappa shape index (κ3) is 2.95. The summed E-state index contributed by atoms with van der Waals surface area (Å²) in [4.78, 5) is 13.8. The lowest BCUT2D eigenvalue weighted by Gasteiger charge is -2.33. The number of hydrogen-bond acceptors (Lipinski definition) is 5. The summed E-state index contributed by atoms with van der Waals surface area (Å²) in [6.45, 7) is 3.18. The Morgan fingerprint density at radius 3 is 2.57 bits per heavy atom. The average molecular weight is 310 g/mol. The van der Waals surface area contributed by atoms with Crippen molar-refractivity contribution in [2.75, 3.05) is 39.0 Å². The van der Waals surface area contributed by atoms with Crippen molar-refractivity contribution in [3.8, 4) is 5.75 Å². The number of ketones is 1. The first-order chi connectivity index (χ1) is 9.95. The molecule has 0 aliphatic carbocycles. The van der Waals surface area contributed by atoms with Gasteiger partial charge in [0.1, 0.15) is 5.75 Å². The molecular weight excluding hydrogens is 292 g/mol. The van der Waals surface area contributed by atoms with Crippen molar-refractivity contribution in [3.63, 3.8) is 0 Å². The number of hydrogen-bond donors (Lipinski definition) is 0. The lowest BCUT2D eigenvalue weighted by Crippen LogP contribution is -2.47. The van der Waals surface area contributed by atoms with Crippen LogP contribution in [0.5, 0.6) is 5.75 Å². The van der Waals surface area contributed by atoms with Crippen molar-refractivity contribution in [1.82, 2.24) is 9.21 Å². The Kier molecular flexibility index (Phi) is 3.73. The van der Waals surface area contributed by atoms with Crippen molar-refractivity contribution in [1.29, 1.82) is 0 Å². The van der Waals surface area contributed by atoms with Crippen molar-refractivity contribution < 1.29 is 17.9 Å². The van der Waals surface area contributed by atoms with Crippen LogP contribution in [-0.4, -0.2) is 62.4 Å². The van der Waals surface area contributed by atoms with Gasteiger partial charge >= 0.3 is 0 Å². The van der Waals surface area contributed by atoms with Crippen molar-refractivity contribution in [2.45, 2.75) is 6.54 Å². The maximum Gasteiger partial charge on any atom is 0.211 e. The SMILES string of the molecule is CS(=O)(=O)N1CCN(Cc2cccc3c2OCC3=O)CC1. The molecule has 0 saturated carbocycles. The van der Waals surface area contributed by atoms with Gasteiger partial charge in [-0.05, 0) is 6.07 Å². The molecule has 21 heavy (non-hydrogen) atoms. The highest BCUT2D eigenvalue weighted by molar-refractivity contribution is 7.88. The number of sulfonamides is 1. The van der Waals surface area contributed by atoms with Crippen LogP contribution in [0.25, 0.3) is 0 Å². The van der Waals surface area contributed by atoms with E-state index >= 15 is 0 Å². The van der Waals surface area contributed by atoms with E-state index in [9.17, 15) is 13.2 Å². The molecule has 0 bridgehead atoms. The van der Waals surface area contributed by atoms with E-state index < -0.39 is 10.0 Å².